The van der Waals surface area contributed by atoms with Crippen LogP contribution in [-0.2, 0) is 13.0 Å². The second kappa shape index (κ2) is 4.88. The summed E-state index contributed by atoms with van der Waals surface area (Å²) in [7, 11) is 0. The van der Waals surface area contributed by atoms with E-state index in [-0.39, 0.29) is 5.91 Å². The van der Waals surface area contributed by atoms with E-state index >= 15 is 0 Å². The molecular weight excluding hydrogens is 259 g/mol. The number of fused-ring (bicyclic) bond motifs is 1. The molecule has 5 nitrogen and oxygen atoms in total. The topological polar surface area (TPSA) is 72.1 Å². The van der Waals surface area contributed by atoms with Crippen molar-refractivity contribution in [3.63, 3.8) is 0 Å². The lowest BCUT2D eigenvalue weighted by Crippen LogP contribution is -2.37. The molecule has 0 aliphatic carbocycles. The first-order chi connectivity index (χ1) is 9.65. The van der Waals surface area contributed by atoms with Gasteiger partial charge >= 0.3 is 0 Å². The Morgan fingerprint density at radius 3 is 3.00 bits per heavy atom. The summed E-state index contributed by atoms with van der Waals surface area (Å²) in [6.07, 6.45) is 2.01. The normalized spacial score (nSPS) is 13.9. The van der Waals surface area contributed by atoms with Crippen molar-refractivity contribution in [1.29, 1.82) is 0 Å². The van der Waals surface area contributed by atoms with E-state index < -0.39 is 5.82 Å². The highest BCUT2D eigenvalue weighted by Crippen LogP contribution is 2.21. The molecule has 1 aromatic heterocycles. The van der Waals surface area contributed by atoms with Crippen LogP contribution in [0, 0.1) is 5.82 Å². The van der Waals surface area contributed by atoms with Gasteiger partial charge in [-0.15, -0.1) is 0 Å². The minimum Gasteiger partial charge on any atom is -0.383 e. The molecule has 0 unspecified atom stereocenters. The number of nitrogens with zero attached hydrogens (tertiary/aromatic N) is 3. The van der Waals surface area contributed by atoms with E-state index in [9.17, 15) is 9.18 Å². The lowest BCUT2D eigenvalue weighted by molar-refractivity contribution is 0.0731. The average Bonchev–Trinajstić information content (AvgIpc) is 2.46. The molecular formula is C14H13FN4O. The van der Waals surface area contributed by atoms with Crippen molar-refractivity contribution >= 4 is 11.7 Å². The summed E-state index contributed by atoms with van der Waals surface area (Å²) in [4.78, 5) is 22.1. The Balaban J connectivity index is 1.85. The number of carbonyl (C=O) groups is 1. The molecule has 102 valence electrons. The van der Waals surface area contributed by atoms with Crippen LogP contribution in [0.1, 0.15) is 21.6 Å². The number of rotatable bonds is 1. The molecule has 2 N–H and O–H groups in total. The van der Waals surface area contributed by atoms with E-state index in [1.54, 1.807) is 11.0 Å². The van der Waals surface area contributed by atoms with Crippen molar-refractivity contribution in [3.8, 4) is 0 Å². The number of aromatic nitrogens is 2. The number of anilines is 1. The maximum absolute atomic E-state index is 13.2. The first-order valence-corrected chi connectivity index (χ1v) is 6.28. The van der Waals surface area contributed by atoms with Crippen molar-refractivity contribution in [2.45, 2.75) is 13.0 Å². The zero-order chi connectivity index (χ0) is 14.1. The number of hydrogen-bond donors (Lipinski definition) is 1. The van der Waals surface area contributed by atoms with Gasteiger partial charge < -0.3 is 10.6 Å². The van der Waals surface area contributed by atoms with Gasteiger partial charge in [-0.2, -0.15) is 0 Å². The Kier molecular flexibility index (Phi) is 3.06. The maximum atomic E-state index is 13.2. The fraction of sp³-hybridized carbons (Fsp3) is 0.214. The molecule has 6 heteroatoms. The Labute approximate surface area is 115 Å². The highest BCUT2D eigenvalue weighted by Gasteiger charge is 2.24. The number of nitrogen functional groups attached to an aromatic ring is 1. The van der Waals surface area contributed by atoms with Crippen molar-refractivity contribution in [2.75, 3.05) is 12.3 Å². The van der Waals surface area contributed by atoms with Crippen LogP contribution in [0.4, 0.5) is 10.2 Å². The molecule has 1 amide bonds. The van der Waals surface area contributed by atoms with Gasteiger partial charge in [0, 0.05) is 17.7 Å². The lowest BCUT2D eigenvalue weighted by Gasteiger charge is -2.28. The van der Waals surface area contributed by atoms with E-state index in [1.807, 2.05) is 0 Å². The van der Waals surface area contributed by atoms with Crippen LogP contribution in [0.5, 0.6) is 0 Å². The molecule has 0 spiro atoms. The first-order valence-electron chi connectivity index (χ1n) is 6.28. The van der Waals surface area contributed by atoms with Crippen molar-refractivity contribution in [1.82, 2.24) is 14.9 Å². The molecule has 0 atom stereocenters. The Hall–Kier alpha value is -2.50. The monoisotopic (exact) mass is 272 g/mol. The van der Waals surface area contributed by atoms with E-state index in [1.165, 1.54) is 24.5 Å². The van der Waals surface area contributed by atoms with Crippen LogP contribution in [0.15, 0.2) is 30.6 Å². The number of hydrogen-bond acceptors (Lipinski definition) is 4. The van der Waals surface area contributed by atoms with Gasteiger partial charge in [0.15, 0.2) is 0 Å². The van der Waals surface area contributed by atoms with Crippen LogP contribution in [0.3, 0.4) is 0 Å². The molecule has 1 aromatic carbocycles. The third-order valence-corrected chi connectivity index (χ3v) is 3.40. The molecule has 0 bridgehead atoms. The molecule has 0 saturated heterocycles. The van der Waals surface area contributed by atoms with E-state index in [4.69, 9.17) is 5.73 Å². The molecule has 1 aliphatic rings. The second-order valence-corrected chi connectivity index (χ2v) is 4.67. The standard InChI is InChI=1S/C14H13FN4O/c15-10-3-1-2-9(6-10)14(20)19-5-4-11-12(7-19)17-8-18-13(11)16/h1-3,6,8H,4-5,7H2,(H2,16,17,18). The lowest BCUT2D eigenvalue weighted by atomic mass is 10.0. The Morgan fingerprint density at radius 2 is 2.20 bits per heavy atom. The summed E-state index contributed by atoms with van der Waals surface area (Å²) in [6, 6.07) is 5.69. The predicted octanol–water partition coefficient (Wildman–Crippen LogP) is 1.40. The van der Waals surface area contributed by atoms with Crippen molar-refractivity contribution in [2.24, 2.45) is 0 Å². The Morgan fingerprint density at radius 1 is 1.35 bits per heavy atom. The molecule has 1 aliphatic heterocycles. The smallest absolute Gasteiger partial charge is 0.254 e. The van der Waals surface area contributed by atoms with Gasteiger partial charge in [-0.1, -0.05) is 6.07 Å². The third kappa shape index (κ3) is 2.20. The fourth-order valence-electron chi connectivity index (χ4n) is 2.36. The van der Waals surface area contributed by atoms with Gasteiger partial charge in [0.2, 0.25) is 0 Å². The molecule has 0 saturated carbocycles. The summed E-state index contributed by atoms with van der Waals surface area (Å²) in [5, 5.41) is 0. The second-order valence-electron chi connectivity index (χ2n) is 4.67. The molecule has 0 radical (unpaired) electrons. The summed E-state index contributed by atoms with van der Waals surface area (Å²) in [5.41, 5.74) is 7.79. The van der Waals surface area contributed by atoms with Gasteiger partial charge in [-0.05, 0) is 24.6 Å². The number of carbonyl (C=O) groups excluding carboxylic acids is 1. The number of halogens is 1. The number of amides is 1. The first kappa shape index (κ1) is 12.5. The predicted molar refractivity (Wildman–Crippen MR) is 71.3 cm³/mol. The zero-order valence-corrected chi connectivity index (χ0v) is 10.7. The van der Waals surface area contributed by atoms with Crippen molar-refractivity contribution < 1.29 is 9.18 Å². The summed E-state index contributed by atoms with van der Waals surface area (Å²) >= 11 is 0. The fourth-order valence-corrected chi connectivity index (χ4v) is 2.36. The Bertz CT molecular complexity index is 674. The summed E-state index contributed by atoms with van der Waals surface area (Å²) in [5.74, 6) is -0.153. The van der Waals surface area contributed by atoms with Crippen LogP contribution in [-0.4, -0.2) is 27.3 Å². The molecule has 2 aromatic rings. The molecule has 3 rings (SSSR count). The maximum Gasteiger partial charge on any atom is 0.254 e. The van der Waals surface area contributed by atoms with Crippen molar-refractivity contribution in [3.05, 3.63) is 53.2 Å². The number of nitrogens with two attached hydrogens (primary N) is 1. The van der Waals surface area contributed by atoms with E-state index in [2.05, 4.69) is 9.97 Å². The summed E-state index contributed by atoms with van der Waals surface area (Å²) in [6.45, 7) is 0.900. The minimum atomic E-state index is -0.417. The summed E-state index contributed by atoms with van der Waals surface area (Å²) < 4.78 is 13.2. The highest BCUT2D eigenvalue weighted by molar-refractivity contribution is 5.94. The molecule has 20 heavy (non-hydrogen) atoms. The van der Waals surface area contributed by atoms with Gasteiger partial charge in [0.1, 0.15) is 18.0 Å². The minimum absolute atomic E-state index is 0.202. The van der Waals surface area contributed by atoms with E-state index in [0.717, 1.165) is 11.3 Å². The molecule has 2 heterocycles. The number of benzene rings is 1. The van der Waals surface area contributed by atoms with Gasteiger partial charge in [0.05, 0.1) is 12.2 Å². The van der Waals surface area contributed by atoms with E-state index in [0.29, 0.717) is 30.9 Å². The third-order valence-electron chi connectivity index (χ3n) is 3.40. The van der Waals surface area contributed by atoms with Gasteiger partial charge in [-0.25, -0.2) is 14.4 Å². The largest absolute Gasteiger partial charge is 0.383 e. The van der Waals surface area contributed by atoms with Crippen LogP contribution >= 0.6 is 0 Å². The zero-order valence-electron chi connectivity index (χ0n) is 10.7. The van der Waals surface area contributed by atoms with Gasteiger partial charge in [-0.3, -0.25) is 4.79 Å². The van der Waals surface area contributed by atoms with Crippen LogP contribution < -0.4 is 5.73 Å². The highest BCUT2D eigenvalue weighted by atomic mass is 19.1. The van der Waals surface area contributed by atoms with Crippen LogP contribution in [0.25, 0.3) is 0 Å². The van der Waals surface area contributed by atoms with Gasteiger partial charge in [0.25, 0.3) is 5.91 Å². The molecule has 0 fully saturated rings. The quantitative estimate of drug-likeness (QED) is 0.851. The van der Waals surface area contributed by atoms with Crippen LogP contribution in [0.2, 0.25) is 0 Å². The average molecular weight is 272 g/mol. The SMILES string of the molecule is Nc1ncnc2c1CCN(C(=O)c1cccc(F)c1)C2.